The lowest BCUT2D eigenvalue weighted by atomic mass is 10.3. The van der Waals surface area contributed by atoms with Crippen LogP contribution in [0.2, 0.25) is 0 Å². The number of hydrogen-bond acceptors (Lipinski definition) is 7. The third kappa shape index (κ3) is 6.67. The van der Waals surface area contributed by atoms with E-state index in [1.807, 2.05) is 0 Å². The Labute approximate surface area is 179 Å². The normalized spacial score (nSPS) is 10.5. The number of rotatable bonds is 10. The third-order valence-electron chi connectivity index (χ3n) is 4.13. The van der Waals surface area contributed by atoms with Crippen LogP contribution in [0.1, 0.15) is 40.9 Å². The van der Waals surface area contributed by atoms with Crippen molar-refractivity contribution in [1.82, 2.24) is 19.4 Å². The van der Waals surface area contributed by atoms with Gasteiger partial charge in [-0.05, 0) is 13.0 Å². The number of nitrogens with zero attached hydrogens (tertiary/aromatic N) is 3. The van der Waals surface area contributed by atoms with Crippen LogP contribution in [0.15, 0.2) is 18.5 Å². The van der Waals surface area contributed by atoms with Crippen molar-refractivity contribution in [1.29, 1.82) is 0 Å². The van der Waals surface area contributed by atoms with Gasteiger partial charge in [0.25, 0.3) is 11.8 Å². The van der Waals surface area contributed by atoms with Gasteiger partial charge in [0.15, 0.2) is 5.82 Å². The average Bonchev–Trinajstić information content (AvgIpc) is 3.24. The first-order chi connectivity index (χ1) is 14.7. The first kappa shape index (κ1) is 23.6. The minimum absolute atomic E-state index is 0.0469. The van der Waals surface area contributed by atoms with Gasteiger partial charge < -0.3 is 35.6 Å². The van der Waals surface area contributed by atoms with Crippen molar-refractivity contribution in [3.8, 4) is 0 Å². The highest BCUT2D eigenvalue weighted by atomic mass is 16.5. The molecule has 0 aliphatic heterocycles. The van der Waals surface area contributed by atoms with E-state index in [1.165, 1.54) is 16.8 Å². The minimum Gasteiger partial charge on any atom is -0.466 e. The summed E-state index contributed by atoms with van der Waals surface area (Å²) >= 11 is 0. The van der Waals surface area contributed by atoms with Gasteiger partial charge in [0.1, 0.15) is 5.69 Å². The van der Waals surface area contributed by atoms with E-state index in [0.717, 1.165) is 0 Å². The molecule has 0 radical (unpaired) electrons. The first-order valence-corrected chi connectivity index (χ1v) is 9.70. The number of hydrogen-bond donors (Lipinski definition) is 4. The van der Waals surface area contributed by atoms with Crippen LogP contribution in [-0.4, -0.2) is 57.5 Å². The average molecular weight is 433 g/mol. The molecule has 31 heavy (non-hydrogen) atoms. The summed E-state index contributed by atoms with van der Waals surface area (Å²) in [5.41, 5.74) is 6.10. The predicted octanol–water partition coefficient (Wildman–Crippen LogP) is -0.0188. The highest BCUT2D eigenvalue weighted by molar-refractivity contribution is 6.04. The lowest BCUT2D eigenvalue weighted by Crippen LogP contribution is -2.28. The minimum atomic E-state index is -0.490. The summed E-state index contributed by atoms with van der Waals surface area (Å²) in [5, 5.41) is 7.86. The maximum absolute atomic E-state index is 12.6. The SMILES string of the molecule is CCOC(=O)CCNC(=O)c1nc(NC(=O)c2cc(NC(=O)CCN)cn2C)cn1C. The number of aromatic nitrogens is 3. The van der Waals surface area contributed by atoms with E-state index >= 15 is 0 Å². The van der Waals surface area contributed by atoms with Crippen LogP contribution in [0.4, 0.5) is 11.5 Å². The Morgan fingerprint density at radius 2 is 1.81 bits per heavy atom. The summed E-state index contributed by atoms with van der Waals surface area (Å²) in [6.45, 7) is 2.31. The molecule has 2 rings (SSSR count). The second-order valence-corrected chi connectivity index (χ2v) is 6.64. The van der Waals surface area contributed by atoms with E-state index in [4.69, 9.17) is 10.5 Å². The molecule has 2 aromatic rings. The smallest absolute Gasteiger partial charge is 0.307 e. The Hall–Kier alpha value is -3.67. The van der Waals surface area contributed by atoms with Crippen molar-refractivity contribution in [2.45, 2.75) is 19.8 Å². The molecule has 3 amide bonds. The third-order valence-corrected chi connectivity index (χ3v) is 4.13. The van der Waals surface area contributed by atoms with Crippen molar-refractivity contribution >= 4 is 35.2 Å². The standard InChI is InChI=1S/C19H27N7O5/c1-4-31-16(28)6-8-21-19(30)17-23-14(11-26(17)3)24-18(29)13-9-12(10-25(13)2)22-15(27)5-7-20/h9-11H,4-8,20H2,1-3H3,(H,21,30)(H,22,27)(H,24,29). The molecule has 0 aromatic carbocycles. The summed E-state index contributed by atoms with van der Waals surface area (Å²) in [4.78, 5) is 52.0. The summed E-state index contributed by atoms with van der Waals surface area (Å²) < 4.78 is 7.81. The Morgan fingerprint density at radius 3 is 2.48 bits per heavy atom. The molecule has 0 atom stereocenters. The molecule has 5 N–H and O–H groups in total. The number of anilines is 2. The van der Waals surface area contributed by atoms with Crippen molar-refractivity contribution in [2.75, 3.05) is 30.3 Å². The molecule has 0 saturated heterocycles. The van der Waals surface area contributed by atoms with Crippen LogP contribution in [-0.2, 0) is 28.4 Å². The monoisotopic (exact) mass is 433 g/mol. The number of esters is 1. The second-order valence-electron chi connectivity index (χ2n) is 6.64. The van der Waals surface area contributed by atoms with Crippen LogP contribution >= 0.6 is 0 Å². The molecule has 0 bridgehead atoms. The van der Waals surface area contributed by atoms with Gasteiger partial charge in [-0.25, -0.2) is 4.98 Å². The van der Waals surface area contributed by atoms with Crippen molar-refractivity contribution in [2.24, 2.45) is 19.8 Å². The molecule has 0 aliphatic carbocycles. The molecule has 0 unspecified atom stereocenters. The molecule has 2 aromatic heterocycles. The lowest BCUT2D eigenvalue weighted by molar-refractivity contribution is -0.142. The van der Waals surface area contributed by atoms with Crippen LogP contribution in [0.3, 0.4) is 0 Å². The zero-order valence-electron chi connectivity index (χ0n) is 17.7. The Bertz CT molecular complexity index is 963. The van der Waals surface area contributed by atoms with E-state index in [-0.39, 0.29) is 55.8 Å². The quantitative estimate of drug-likeness (QED) is 0.383. The fourth-order valence-corrected chi connectivity index (χ4v) is 2.72. The van der Waals surface area contributed by atoms with Gasteiger partial charge in [-0.15, -0.1) is 0 Å². The van der Waals surface area contributed by atoms with Crippen molar-refractivity contribution in [3.63, 3.8) is 0 Å². The van der Waals surface area contributed by atoms with Gasteiger partial charge >= 0.3 is 5.97 Å². The fourth-order valence-electron chi connectivity index (χ4n) is 2.72. The topological polar surface area (TPSA) is 162 Å². The van der Waals surface area contributed by atoms with Crippen LogP contribution in [0.25, 0.3) is 0 Å². The van der Waals surface area contributed by atoms with E-state index < -0.39 is 17.8 Å². The molecule has 0 fully saturated rings. The van der Waals surface area contributed by atoms with Crippen LogP contribution in [0.5, 0.6) is 0 Å². The molecular formula is C19H27N7O5. The molecule has 2 heterocycles. The van der Waals surface area contributed by atoms with Gasteiger partial charge in [-0.1, -0.05) is 0 Å². The fraction of sp³-hybridized carbons (Fsp3) is 0.421. The van der Waals surface area contributed by atoms with Crippen molar-refractivity contribution in [3.05, 3.63) is 30.0 Å². The maximum atomic E-state index is 12.6. The molecule has 0 aliphatic rings. The molecule has 0 saturated carbocycles. The Kier molecular flexibility index (Phi) is 8.32. The number of aryl methyl sites for hydroxylation is 2. The highest BCUT2D eigenvalue weighted by Gasteiger charge is 2.18. The number of ether oxygens (including phenoxy) is 1. The van der Waals surface area contributed by atoms with Crippen LogP contribution in [0, 0.1) is 0 Å². The van der Waals surface area contributed by atoms with Crippen LogP contribution < -0.4 is 21.7 Å². The number of amides is 3. The number of carbonyl (C=O) groups is 4. The summed E-state index contributed by atoms with van der Waals surface area (Å²) in [7, 11) is 3.27. The number of nitrogens with one attached hydrogen (secondary N) is 3. The van der Waals surface area contributed by atoms with Gasteiger partial charge in [0, 0.05) is 46.0 Å². The maximum Gasteiger partial charge on any atom is 0.307 e. The summed E-state index contributed by atoms with van der Waals surface area (Å²) in [6, 6.07) is 1.52. The first-order valence-electron chi connectivity index (χ1n) is 9.70. The highest BCUT2D eigenvalue weighted by Crippen LogP contribution is 2.15. The van der Waals surface area contributed by atoms with E-state index in [0.29, 0.717) is 5.69 Å². The summed E-state index contributed by atoms with van der Waals surface area (Å²) in [6.07, 6.45) is 3.31. The Balaban J connectivity index is 1.99. The number of imidazole rings is 1. The van der Waals surface area contributed by atoms with Gasteiger partial charge in [0.2, 0.25) is 11.7 Å². The molecule has 0 spiro atoms. The largest absolute Gasteiger partial charge is 0.466 e. The second kappa shape index (κ2) is 10.9. The molecule has 12 nitrogen and oxygen atoms in total. The zero-order chi connectivity index (χ0) is 23.0. The molecule has 168 valence electrons. The van der Waals surface area contributed by atoms with Gasteiger partial charge in [0.05, 0.1) is 18.7 Å². The van der Waals surface area contributed by atoms with Crippen molar-refractivity contribution < 1.29 is 23.9 Å². The van der Waals surface area contributed by atoms with E-state index in [2.05, 4.69) is 20.9 Å². The van der Waals surface area contributed by atoms with E-state index in [9.17, 15) is 19.2 Å². The van der Waals surface area contributed by atoms with Gasteiger partial charge in [-0.2, -0.15) is 0 Å². The number of carbonyl (C=O) groups excluding carboxylic acids is 4. The number of nitrogens with two attached hydrogens (primary N) is 1. The zero-order valence-corrected chi connectivity index (χ0v) is 17.7. The summed E-state index contributed by atoms with van der Waals surface area (Å²) in [5.74, 6) is -1.36. The molecule has 12 heteroatoms. The predicted molar refractivity (Wildman–Crippen MR) is 112 cm³/mol. The van der Waals surface area contributed by atoms with E-state index in [1.54, 1.807) is 31.8 Å². The van der Waals surface area contributed by atoms with Gasteiger partial charge in [-0.3, -0.25) is 19.2 Å². The lowest BCUT2D eigenvalue weighted by Gasteiger charge is -2.04. The molecular weight excluding hydrogens is 406 g/mol. The Morgan fingerprint density at radius 1 is 1.06 bits per heavy atom.